The van der Waals surface area contributed by atoms with Crippen LogP contribution in [0.25, 0.3) is 0 Å². The zero-order valence-electron chi connectivity index (χ0n) is 29.6. The van der Waals surface area contributed by atoms with Gasteiger partial charge in [-0.3, -0.25) is 9.59 Å². The number of carbonyl (C=O) groups is 2. The number of hydrogen-bond donors (Lipinski definition) is 3. The van der Waals surface area contributed by atoms with Gasteiger partial charge in [0.1, 0.15) is 0 Å². The van der Waals surface area contributed by atoms with Crippen molar-refractivity contribution in [2.24, 2.45) is 0 Å². The molecule has 0 radical (unpaired) electrons. The smallest absolute Gasteiger partial charge is 0.303 e. The van der Waals surface area contributed by atoms with Gasteiger partial charge in [0.2, 0.25) is 0 Å². The SMILES string of the molecule is O=C(O)CCCCCCC/C=C\CCCCCCCCCCNCCCCCCCCCC/C=C\CCCCCCCC(=O)O. The third-order valence-corrected chi connectivity index (χ3v) is 8.80. The van der Waals surface area contributed by atoms with E-state index in [1.807, 2.05) is 0 Å². The van der Waals surface area contributed by atoms with Crippen LogP contribution in [0.1, 0.15) is 205 Å². The first kappa shape index (κ1) is 43.4. The zero-order chi connectivity index (χ0) is 32.7. The number of unbranched alkanes of at least 4 members (excludes halogenated alkanes) is 26. The van der Waals surface area contributed by atoms with Gasteiger partial charge in [0, 0.05) is 12.8 Å². The fraction of sp³-hybridized carbons (Fsp3) is 0.850. The Morgan fingerprint density at radius 3 is 0.822 bits per heavy atom. The van der Waals surface area contributed by atoms with E-state index in [2.05, 4.69) is 29.6 Å². The minimum absolute atomic E-state index is 0.324. The maximum Gasteiger partial charge on any atom is 0.303 e. The normalized spacial score (nSPS) is 11.7. The second-order valence-corrected chi connectivity index (χ2v) is 13.3. The van der Waals surface area contributed by atoms with Gasteiger partial charge in [-0.15, -0.1) is 0 Å². The number of aliphatic carboxylic acids is 2. The van der Waals surface area contributed by atoms with Crippen molar-refractivity contribution in [3.8, 4) is 0 Å². The highest BCUT2D eigenvalue weighted by molar-refractivity contribution is 5.66. The minimum atomic E-state index is -0.666. The average molecular weight is 634 g/mol. The van der Waals surface area contributed by atoms with Crippen LogP contribution < -0.4 is 5.32 Å². The van der Waals surface area contributed by atoms with E-state index in [4.69, 9.17) is 10.2 Å². The quantitative estimate of drug-likeness (QED) is 0.0465. The van der Waals surface area contributed by atoms with E-state index in [9.17, 15) is 9.59 Å². The number of nitrogens with one attached hydrogen (secondary N) is 1. The fourth-order valence-electron chi connectivity index (χ4n) is 5.88. The van der Waals surface area contributed by atoms with Crippen LogP contribution in [0, 0.1) is 0 Å². The summed E-state index contributed by atoms with van der Waals surface area (Å²) in [5.41, 5.74) is 0. The van der Waals surface area contributed by atoms with Gasteiger partial charge >= 0.3 is 11.9 Å². The molecule has 45 heavy (non-hydrogen) atoms. The van der Waals surface area contributed by atoms with E-state index in [1.54, 1.807) is 0 Å². The Kier molecular flexibility index (Phi) is 37.2. The van der Waals surface area contributed by atoms with Gasteiger partial charge in [-0.2, -0.15) is 0 Å². The molecule has 0 fully saturated rings. The molecule has 0 aliphatic heterocycles. The van der Waals surface area contributed by atoms with Crippen LogP contribution in [0.2, 0.25) is 0 Å². The molecule has 0 aromatic heterocycles. The summed E-state index contributed by atoms with van der Waals surface area (Å²) in [6.45, 7) is 2.39. The largest absolute Gasteiger partial charge is 0.481 e. The fourth-order valence-corrected chi connectivity index (χ4v) is 5.88. The molecular formula is C40H75NO4. The van der Waals surface area contributed by atoms with E-state index in [0.29, 0.717) is 12.8 Å². The molecule has 0 saturated heterocycles. The van der Waals surface area contributed by atoms with E-state index < -0.39 is 11.9 Å². The highest BCUT2D eigenvalue weighted by Gasteiger charge is 1.98. The van der Waals surface area contributed by atoms with E-state index in [-0.39, 0.29) is 0 Å². The highest BCUT2D eigenvalue weighted by atomic mass is 16.4. The Bertz CT molecular complexity index is 619. The topological polar surface area (TPSA) is 86.6 Å². The molecule has 5 heteroatoms. The molecule has 0 rings (SSSR count). The Balaban J connectivity index is 3.12. The van der Waals surface area contributed by atoms with Crippen LogP contribution in [0.3, 0.4) is 0 Å². The van der Waals surface area contributed by atoms with Gasteiger partial charge in [0.05, 0.1) is 0 Å². The monoisotopic (exact) mass is 634 g/mol. The molecule has 0 aromatic rings. The molecule has 0 aliphatic rings. The Labute approximate surface area is 279 Å². The van der Waals surface area contributed by atoms with Gasteiger partial charge < -0.3 is 15.5 Å². The lowest BCUT2D eigenvalue weighted by atomic mass is 10.1. The first-order valence-corrected chi connectivity index (χ1v) is 19.6. The molecule has 0 amide bonds. The lowest BCUT2D eigenvalue weighted by molar-refractivity contribution is -0.138. The first-order valence-electron chi connectivity index (χ1n) is 19.6. The van der Waals surface area contributed by atoms with Crippen molar-refractivity contribution < 1.29 is 19.8 Å². The zero-order valence-corrected chi connectivity index (χ0v) is 29.6. The third-order valence-electron chi connectivity index (χ3n) is 8.80. The third kappa shape index (κ3) is 42.4. The summed E-state index contributed by atoms with van der Waals surface area (Å²) in [5.74, 6) is -1.33. The summed E-state index contributed by atoms with van der Waals surface area (Å²) in [4.78, 5) is 21.0. The molecule has 3 N–H and O–H groups in total. The molecule has 0 aliphatic carbocycles. The summed E-state index contributed by atoms with van der Waals surface area (Å²) in [7, 11) is 0. The summed E-state index contributed by atoms with van der Waals surface area (Å²) < 4.78 is 0. The van der Waals surface area contributed by atoms with Crippen molar-refractivity contribution in [1.29, 1.82) is 0 Å². The van der Waals surface area contributed by atoms with Crippen LogP contribution in [0.5, 0.6) is 0 Å². The van der Waals surface area contributed by atoms with Crippen molar-refractivity contribution in [2.45, 2.75) is 205 Å². The van der Waals surface area contributed by atoms with E-state index >= 15 is 0 Å². The van der Waals surface area contributed by atoms with Crippen molar-refractivity contribution in [3.05, 3.63) is 24.3 Å². The van der Waals surface area contributed by atoms with Crippen LogP contribution in [-0.2, 0) is 9.59 Å². The number of carboxylic acid groups (broad SMARTS) is 2. The Hall–Kier alpha value is -1.62. The van der Waals surface area contributed by atoms with Crippen molar-refractivity contribution >= 4 is 11.9 Å². The number of hydrogen-bond acceptors (Lipinski definition) is 3. The predicted molar refractivity (Wildman–Crippen MR) is 194 cm³/mol. The standard InChI is InChI=1S/C40H75NO4/c42-39(43)35-31-27-23-19-15-11-7-3-1-5-9-13-17-21-25-29-33-37-41-38-34-30-26-22-18-14-10-6-2-4-8-12-16-20-24-28-32-36-40(44)45/h3-4,7-8,41H,1-2,5-6,9-38H2,(H,42,43)(H,44,45)/b7-3-,8-4-. The average Bonchev–Trinajstić information content (AvgIpc) is 3.02. The molecule has 0 spiro atoms. The minimum Gasteiger partial charge on any atom is -0.481 e. The van der Waals surface area contributed by atoms with Gasteiger partial charge in [-0.05, 0) is 90.1 Å². The summed E-state index contributed by atoms with van der Waals surface area (Å²) in [6.07, 6.45) is 47.9. The molecule has 0 heterocycles. The van der Waals surface area contributed by atoms with Gasteiger partial charge in [-0.1, -0.05) is 140 Å². The second-order valence-electron chi connectivity index (χ2n) is 13.3. The van der Waals surface area contributed by atoms with Gasteiger partial charge in [0.15, 0.2) is 0 Å². The second kappa shape index (κ2) is 38.6. The first-order chi connectivity index (χ1) is 22.1. The van der Waals surface area contributed by atoms with Gasteiger partial charge in [0.25, 0.3) is 0 Å². The maximum absolute atomic E-state index is 10.5. The van der Waals surface area contributed by atoms with Crippen molar-refractivity contribution in [1.82, 2.24) is 5.32 Å². The van der Waals surface area contributed by atoms with Crippen LogP contribution >= 0.6 is 0 Å². The Morgan fingerprint density at radius 1 is 0.333 bits per heavy atom. The number of rotatable bonds is 38. The molecule has 0 unspecified atom stereocenters. The molecule has 0 saturated carbocycles. The molecular weight excluding hydrogens is 558 g/mol. The predicted octanol–water partition coefficient (Wildman–Crippen LogP) is 12.3. The number of carboxylic acids is 2. The molecule has 0 bridgehead atoms. The highest BCUT2D eigenvalue weighted by Crippen LogP contribution is 2.13. The lowest BCUT2D eigenvalue weighted by Gasteiger charge is -2.05. The van der Waals surface area contributed by atoms with E-state index in [0.717, 1.165) is 25.7 Å². The Morgan fingerprint density at radius 2 is 0.556 bits per heavy atom. The molecule has 5 nitrogen and oxygen atoms in total. The van der Waals surface area contributed by atoms with Gasteiger partial charge in [-0.25, -0.2) is 0 Å². The number of allylic oxidation sites excluding steroid dienone is 4. The lowest BCUT2D eigenvalue weighted by Crippen LogP contribution is -2.16. The van der Waals surface area contributed by atoms with E-state index in [1.165, 1.54) is 180 Å². The maximum atomic E-state index is 10.5. The van der Waals surface area contributed by atoms with Crippen molar-refractivity contribution in [2.75, 3.05) is 13.1 Å². The van der Waals surface area contributed by atoms with Crippen LogP contribution in [0.4, 0.5) is 0 Å². The van der Waals surface area contributed by atoms with Crippen molar-refractivity contribution in [3.63, 3.8) is 0 Å². The summed E-state index contributed by atoms with van der Waals surface area (Å²) in [6, 6.07) is 0. The molecule has 264 valence electrons. The molecule has 0 atom stereocenters. The van der Waals surface area contributed by atoms with Crippen LogP contribution in [-0.4, -0.2) is 35.2 Å². The summed E-state index contributed by atoms with van der Waals surface area (Å²) in [5, 5.41) is 20.9. The molecule has 0 aromatic carbocycles. The van der Waals surface area contributed by atoms with Crippen LogP contribution in [0.15, 0.2) is 24.3 Å². The summed E-state index contributed by atoms with van der Waals surface area (Å²) >= 11 is 0.